The van der Waals surface area contributed by atoms with E-state index in [1.165, 1.54) is 6.92 Å². The highest BCUT2D eigenvalue weighted by Crippen LogP contribution is 2.07. The average Bonchev–Trinajstić information content (AvgIpc) is 2.13. The minimum Gasteiger partial charge on any atom is -0.481 e. The number of rotatable bonds is 44. The van der Waals surface area contributed by atoms with Crippen LogP contribution >= 0.6 is 0 Å². The zero-order valence-electron chi connectivity index (χ0n) is 50.5. The number of guanidine groups is 3. The fourth-order valence-corrected chi connectivity index (χ4v) is 7.43. The molecule has 1 aliphatic rings. The summed E-state index contributed by atoms with van der Waals surface area (Å²) in [4.78, 5) is 237. The average molecular weight is 1320 g/mol. The van der Waals surface area contributed by atoms with Crippen molar-refractivity contribution in [1.82, 2.24) is 74.0 Å². The van der Waals surface area contributed by atoms with Gasteiger partial charge in [-0.3, -0.25) is 101 Å². The molecule has 2 unspecified atom stereocenters. The molecule has 1 rings (SSSR count). The Labute approximate surface area is 528 Å². The summed E-state index contributed by atoms with van der Waals surface area (Å²) in [5.41, 5.74) is 32.0. The van der Waals surface area contributed by atoms with Crippen LogP contribution in [0.4, 0.5) is 0 Å². The second-order valence-electron chi connectivity index (χ2n) is 19.8. The number of carbonyl (C=O) groups excluding carboxylic acids is 16. The summed E-state index contributed by atoms with van der Waals surface area (Å²) >= 11 is 0. The summed E-state index contributed by atoms with van der Waals surface area (Å²) in [6.07, 6.45) is 0.120. The molecule has 93 heavy (non-hydrogen) atoms. The quantitative estimate of drug-likeness (QED) is 0.00885. The van der Waals surface area contributed by atoms with Gasteiger partial charge >= 0.3 is 11.9 Å². The number of nitrogens with two attached hydrogens (primary N) is 6. The molecule has 0 aromatic carbocycles. The summed E-state index contributed by atoms with van der Waals surface area (Å²) in [6, 6.07) is -10.5. The number of carboxylic acids is 2. The smallest absolute Gasteiger partial charge is 0.305 e. The lowest BCUT2D eigenvalue weighted by Crippen LogP contribution is -2.58. The maximum absolute atomic E-state index is 13.6. The zero-order chi connectivity index (χ0) is 70.3. The van der Waals surface area contributed by atoms with Crippen LogP contribution in [0.25, 0.3) is 0 Å². The Hall–Kier alpha value is -11.6. The molecule has 0 aliphatic carbocycles. The largest absolute Gasteiger partial charge is 0.481 e. The standard InChI is InChI=1S/C50H79N23O20/c1-24(42(88)63-18-33(77)61-16-31(75)60-17-32(76)62-19-36(80)69-27(6-3-11-57-48(51)52)44(90)65-21-35(79)68-26(23-74)14-40(84)85)67-46(92)29(8-5-13-59-50(55)56)71-47(93)30(15-41(86)87)72-43(89)25(2)66-34(78)20-64-45(91)28(7-4-12-58-49(53)54)70-37(81)22-73-38(82)9-10-39(73)83/h9-10,23-30H,3-8,11-22H2,1-2H3,(H,60,75)(H,61,77)(H,62,76)(H,63,88)(H,64,91)(H,65,90)(H,66,78)(H,67,92)(H,68,79)(H,69,80)(H,70,81)(H,71,93)(H,72,89)(H,84,85)(H,86,87)(H4,51,52,57)(H4,53,54,58)(H4,55,56,59)/t24?,25-,26-,27-,28-,29-,30?/m0/s1. The molecule has 0 spiro atoms. The number of aldehydes is 1. The number of hydrogen-bond donors (Lipinski definition) is 21. The molecule has 0 bridgehead atoms. The zero-order valence-corrected chi connectivity index (χ0v) is 50.5. The fourth-order valence-electron chi connectivity index (χ4n) is 7.43. The first kappa shape index (κ1) is 79.4. The molecular weight excluding hydrogens is 1240 g/mol. The molecule has 1 heterocycles. The lowest BCUT2D eigenvalue weighted by Gasteiger charge is -2.25. The van der Waals surface area contributed by atoms with Crippen molar-refractivity contribution in [2.24, 2.45) is 49.4 Å². The third-order valence-electron chi connectivity index (χ3n) is 12.0. The molecule has 0 saturated carbocycles. The van der Waals surface area contributed by atoms with Crippen LogP contribution in [-0.4, -0.2) is 248 Å². The van der Waals surface area contributed by atoms with Crippen molar-refractivity contribution >= 4 is 125 Å². The molecule has 0 radical (unpaired) electrons. The lowest BCUT2D eigenvalue weighted by molar-refractivity contribution is -0.142. The number of imide groups is 1. The summed E-state index contributed by atoms with van der Waals surface area (Å²) in [7, 11) is 0. The second kappa shape index (κ2) is 42.4. The highest BCUT2D eigenvalue weighted by molar-refractivity contribution is 6.14. The minimum absolute atomic E-state index is 0.00288. The summed E-state index contributed by atoms with van der Waals surface area (Å²) in [5.74, 6) is -18.0. The number of hydrogen-bond acceptors (Lipinski definition) is 21. The topological polar surface area (TPSA) is 701 Å². The minimum atomic E-state index is -1.91. The first-order valence-corrected chi connectivity index (χ1v) is 28.0. The maximum atomic E-state index is 13.6. The Kier molecular flexibility index (Phi) is 36.2. The van der Waals surface area contributed by atoms with Gasteiger partial charge in [-0.1, -0.05) is 0 Å². The molecule has 27 N–H and O–H groups in total. The van der Waals surface area contributed by atoms with Crippen molar-refractivity contribution in [3.8, 4) is 0 Å². The van der Waals surface area contributed by atoms with Crippen LogP contribution in [0.15, 0.2) is 27.1 Å². The van der Waals surface area contributed by atoms with E-state index in [-0.39, 0.29) is 82.3 Å². The van der Waals surface area contributed by atoms with Gasteiger partial charge in [0.1, 0.15) is 49.1 Å². The van der Waals surface area contributed by atoms with Crippen molar-refractivity contribution in [1.29, 1.82) is 0 Å². The third-order valence-corrected chi connectivity index (χ3v) is 12.0. The molecule has 1 aliphatic heterocycles. The van der Waals surface area contributed by atoms with Crippen LogP contribution in [-0.2, 0) is 86.3 Å². The van der Waals surface area contributed by atoms with E-state index in [0.29, 0.717) is 4.90 Å². The van der Waals surface area contributed by atoms with E-state index < -0.39 is 201 Å². The van der Waals surface area contributed by atoms with Gasteiger partial charge in [-0.25, -0.2) is 0 Å². The summed E-state index contributed by atoms with van der Waals surface area (Å²) in [6.45, 7) is -2.93. The number of amides is 15. The number of nitrogens with zero attached hydrogens (tertiary/aromatic N) is 4. The van der Waals surface area contributed by atoms with Gasteiger partial charge in [-0.05, 0) is 52.4 Å². The van der Waals surface area contributed by atoms with Crippen LogP contribution in [0.5, 0.6) is 0 Å². The molecule has 0 saturated heterocycles. The Morgan fingerprint density at radius 1 is 0.419 bits per heavy atom. The van der Waals surface area contributed by atoms with Crippen LogP contribution in [0.2, 0.25) is 0 Å². The maximum Gasteiger partial charge on any atom is 0.305 e. The SMILES string of the molecule is CC(NC(=O)[C@H](CCCN=C(N)N)NC(=O)C(CC(=O)O)NC(=O)[C@H](C)NC(=O)CNC(=O)[C@H](CCCN=C(N)N)NC(=O)CN1C(=O)C=CC1=O)C(=O)NCC(=O)NCC(=O)NCC(=O)NCC(=O)N[C@@H](CCCN=C(N)N)C(=O)NCC(=O)N[C@H](C=O)CC(=O)O. The Bertz CT molecular complexity index is 2870. The molecule has 0 fully saturated rings. The van der Waals surface area contributed by atoms with Crippen molar-refractivity contribution in [3.05, 3.63) is 12.2 Å². The van der Waals surface area contributed by atoms with Gasteiger partial charge in [-0.15, -0.1) is 0 Å². The van der Waals surface area contributed by atoms with E-state index in [0.717, 1.165) is 19.1 Å². The van der Waals surface area contributed by atoms with E-state index >= 15 is 0 Å². The van der Waals surface area contributed by atoms with Crippen LogP contribution < -0.4 is 104 Å². The lowest BCUT2D eigenvalue weighted by atomic mass is 10.1. The molecule has 0 aromatic rings. The number of aliphatic imine (C=N–C) groups is 3. The van der Waals surface area contributed by atoms with Gasteiger partial charge in [0.05, 0.1) is 58.2 Å². The van der Waals surface area contributed by atoms with Gasteiger partial charge in [0.2, 0.25) is 76.8 Å². The van der Waals surface area contributed by atoms with Crippen molar-refractivity contribution < 1.29 is 96.5 Å². The second-order valence-corrected chi connectivity index (χ2v) is 19.8. The predicted molar refractivity (Wildman–Crippen MR) is 319 cm³/mol. The molecule has 7 atom stereocenters. The van der Waals surface area contributed by atoms with Gasteiger partial charge in [-0.2, -0.15) is 0 Å². The van der Waals surface area contributed by atoms with Crippen molar-refractivity contribution in [2.75, 3.05) is 65.4 Å². The highest BCUT2D eigenvalue weighted by atomic mass is 16.4. The van der Waals surface area contributed by atoms with Gasteiger partial charge in [0.15, 0.2) is 17.9 Å². The van der Waals surface area contributed by atoms with E-state index in [1.54, 1.807) is 0 Å². The Morgan fingerprint density at radius 2 is 0.763 bits per heavy atom. The monoisotopic (exact) mass is 1320 g/mol. The van der Waals surface area contributed by atoms with E-state index in [4.69, 9.17) is 39.5 Å². The molecule has 15 amide bonds. The van der Waals surface area contributed by atoms with Crippen LogP contribution in [0, 0.1) is 0 Å². The molecule has 43 heteroatoms. The highest BCUT2D eigenvalue weighted by Gasteiger charge is 2.33. The van der Waals surface area contributed by atoms with Gasteiger partial charge in [0.25, 0.3) is 11.8 Å². The predicted octanol–water partition coefficient (Wildman–Crippen LogP) is -13.6. The Balaban J connectivity index is 2.84. The van der Waals surface area contributed by atoms with Crippen molar-refractivity contribution in [3.63, 3.8) is 0 Å². The number of carbonyl (C=O) groups is 18. The summed E-state index contributed by atoms with van der Waals surface area (Å²) < 4.78 is 0. The number of carboxylic acid groups (broad SMARTS) is 2. The first-order valence-electron chi connectivity index (χ1n) is 28.0. The van der Waals surface area contributed by atoms with E-state index in [2.05, 4.69) is 84.1 Å². The third kappa shape index (κ3) is 35.3. The molecule has 43 nitrogen and oxygen atoms in total. The molecular formula is C50H79N23O20. The number of aliphatic carboxylic acids is 2. The Morgan fingerprint density at radius 3 is 1.19 bits per heavy atom. The molecule has 0 aromatic heterocycles. The molecule has 514 valence electrons. The van der Waals surface area contributed by atoms with Gasteiger partial charge in [0, 0.05) is 31.8 Å². The summed E-state index contributed by atoms with van der Waals surface area (Å²) in [5, 5.41) is 47.5. The van der Waals surface area contributed by atoms with Crippen molar-refractivity contribution in [2.45, 2.75) is 108 Å². The normalized spacial score (nSPS) is 13.5. The fraction of sp³-hybridized carbons (Fsp3) is 0.540. The van der Waals surface area contributed by atoms with Crippen LogP contribution in [0.3, 0.4) is 0 Å². The number of nitrogens with one attached hydrogen (secondary N) is 13. The van der Waals surface area contributed by atoms with Crippen LogP contribution in [0.1, 0.15) is 65.2 Å². The van der Waals surface area contributed by atoms with E-state index in [9.17, 15) is 91.4 Å². The first-order chi connectivity index (χ1) is 43.7. The van der Waals surface area contributed by atoms with E-state index in [1.807, 2.05) is 0 Å². The van der Waals surface area contributed by atoms with Gasteiger partial charge < -0.3 is 119 Å².